The van der Waals surface area contributed by atoms with Gasteiger partial charge < -0.3 is 5.32 Å². The van der Waals surface area contributed by atoms with Gasteiger partial charge in [0.1, 0.15) is 0 Å². The summed E-state index contributed by atoms with van der Waals surface area (Å²) < 4.78 is 40.3. The fraction of sp³-hybridized carbons (Fsp3) is 0. The third-order valence-corrected chi connectivity index (χ3v) is 3.61. The standard InChI is InChI=1S/C13H6Br2F3NO/c14-7-1-2-8(15)11(5-7)19-13(20)6-3-9(16)12(18)10(17)4-6/h1-5H,(H,19,20). The average molecular weight is 409 g/mol. The predicted molar refractivity (Wildman–Crippen MR) is 76.1 cm³/mol. The summed E-state index contributed by atoms with van der Waals surface area (Å²) in [5.74, 6) is -5.18. The maximum atomic E-state index is 13.1. The van der Waals surface area contributed by atoms with Gasteiger partial charge in [0, 0.05) is 14.5 Å². The van der Waals surface area contributed by atoms with Gasteiger partial charge in [0.2, 0.25) is 0 Å². The minimum absolute atomic E-state index is 0.312. The molecule has 0 aromatic heterocycles. The van der Waals surface area contributed by atoms with E-state index in [0.29, 0.717) is 26.8 Å². The Morgan fingerprint density at radius 3 is 2.20 bits per heavy atom. The Balaban J connectivity index is 2.31. The Bertz CT molecular complexity index is 668. The number of halogens is 5. The number of anilines is 1. The molecule has 1 amide bonds. The van der Waals surface area contributed by atoms with Crippen molar-refractivity contribution in [1.82, 2.24) is 0 Å². The van der Waals surface area contributed by atoms with Crippen LogP contribution in [-0.4, -0.2) is 5.91 Å². The summed E-state index contributed by atoms with van der Waals surface area (Å²) in [6.45, 7) is 0. The Hall–Kier alpha value is -1.34. The summed E-state index contributed by atoms with van der Waals surface area (Å²) in [6.07, 6.45) is 0. The van der Waals surface area contributed by atoms with Crippen LogP contribution < -0.4 is 5.32 Å². The zero-order chi connectivity index (χ0) is 14.9. The van der Waals surface area contributed by atoms with Crippen LogP contribution in [-0.2, 0) is 0 Å². The highest BCUT2D eigenvalue weighted by atomic mass is 79.9. The molecule has 0 unspecified atom stereocenters. The zero-order valence-corrected chi connectivity index (χ0v) is 12.9. The first-order valence-corrected chi connectivity index (χ1v) is 6.88. The highest BCUT2D eigenvalue weighted by Gasteiger charge is 2.16. The molecule has 0 fully saturated rings. The van der Waals surface area contributed by atoms with E-state index in [1.807, 2.05) is 0 Å². The van der Waals surface area contributed by atoms with Crippen LogP contribution >= 0.6 is 31.9 Å². The maximum absolute atomic E-state index is 13.1. The van der Waals surface area contributed by atoms with Gasteiger partial charge >= 0.3 is 0 Å². The van der Waals surface area contributed by atoms with Crippen molar-refractivity contribution in [2.24, 2.45) is 0 Å². The molecule has 1 N–H and O–H groups in total. The van der Waals surface area contributed by atoms with E-state index in [0.717, 1.165) is 0 Å². The predicted octanol–water partition coefficient (Wildman–Crippen LogP) is 4.88. The van der Waals surface area contributed by atoms with Crippen molar-refractivity contribution in [1.29, 1.82) is 0 Å². The average Bonchev–Trinajstić information content (AvgIpc) is 2.39. The highest BCUT2D eigenvalue weighted by molar-refractivity contribution is 9.11. The molecule has 104 valence electrons. The minimum Gasteiger partial charge on any atom is -0.321 e. The van der Waals surface area contributed by atoms with Crippen molar-refractivity contribution in [2.45, 2.75) is 0 Å². The molecule has 0 heterocycles. The molecule has 2 aromatic carbocycles. The largest absolute Gasteiger partial charge is 0.321 e. The molecular weight excluding hydrogens is 403 g/mol. The zero-order valence-electron chi connectivity index (χ0n) is 9.68. The Morgan fingerprint density at radius 2 is 1.60 bits per heavy atom. The molecule has 0 aliphatic carbocycles. The fourth-order valence-electron chi connectivity index (χ4n) is 1.47. The molecule has 0 bridgehead atoms. The first-order chi connectivity index (χ1) is 9.38. The number of nitrogens with one attached hydrogen (secondary N) is 1. The molecule has 0 spiro atoms. The summed E-state index contributed by atoms with van der Waals surface area (Å²) in [5, 5.41) is 2.47. The monoisotopic (exact) mass is 407 g/mol. The summed E-state index contributed by atoms with van der Waals surface area (Å²) in [5.41, 5.74) is 0.0998. The molecule has 20 heavy (non-hydrogen) atoms. The van der Waals surface area contributed by atoms with Crippen molar-refractivity contribution in [3.8, 4) is 0 Å². The van der Waals surface area contributed by atoms with Crippen LogP contribution in [0.2, 0.25) is 0 Å². The SMILES string of the molecule is O=C(Nc1cc(Br)ccc1Br)c1cc(F)c(F)c(F)c1. The van der Waals surface area contributed by atoms with E-state index < -0.39 is 23.4 Å². The third kappa shape index (κ3) is 3.21. The van der Waals surface area contributed by atoms with Gasteiger partial charge in [-0.1, -0.05) is 15.9 Å². The Labute approximate surface area is 129 Å². The Kier molecular flexibility index (Phi) is 4.49. The van der Waals surface area contributed by atoms with Crippen molar-refractivity contribution in [3.63, 3.8) is 0 Å². The van der Waals surface area contributed by atoms with Crippen LogP contribution in [0, 0.1) is 17.5 Å². The van der Waals surface area contributed by atoms with E-state index >= 15 is 0 Å². The normalized spacial score (nSPS) is 10.4. The smallest absolute Gasteiger partial charge is 0.255 e. The number of hydrogen-bond donors (Lipinski definition) is 1. The van der Waals surface area contributed by atoms with Crippen molar-refractivity contribution >= 4 is 43.5 Å². The molecule has 2 aromatic rings. The number of amides is 1. The molecule has 7 heteroatoms. The number of carbonyl (C=O) groups is 1. The van der Waals surface area contributed by atoms with Gasteiger partial charge in [0.05, 0.1) is 5.69 Å². The molecule has 0 aliphatic rings. The quantitative estimate of drug-likeness (QED) is 0.705. The number of benzene rings is 2. The highest BCUT2D eigenvalue weighted by Crippen LogP contribution is 2.26. The van der Waals surface area contributed by atoms with Crippen molar-refractivity contribution < 1.29 is 18.0 Å². The number of carbonyl (C=O) groups excluding carboxylic acids is 1. The third-order valence-electron chi connectivity index (χ3n) is 2.42. The van der Waals surface area contributed by atoms with E-state index in [-0.39, 0.29) is 5.56 Å². The first kappa shape index (κ1) is 15.1. The van der Waals surface area contributed by atoms with Crippen molar-refractivity contribution in [2.75, 3.05) is 5.32 Å². The second kappa shape index (κ2) is 5.97. The molecule has 0 atom stereocenters. The van der Waals surface area contributed by atoms with Crippen molar-refractivity contribution in [3.05, 3.63) is 62.3 Å². The lowest BCUT2D eigenvalue weighted by Crippen LogP contribution is -2.13. The molecule has 0 saturated heterocycles. The molecule has 2 nitrogen and oxygen atoms in total. The lowest BCUT2D eigenvalue weighted by atomic mass is 10.2. The van der Waals surface area contributed by atoms with E-state index in [1.165, 1.54) is 0 Å². The minimum atomic E-state index is -1.61. The molecule has 2 rings (SSSR count). The van der Waals surface area contributed by atoms with Gasteiger partial charge in [-0.05, 0) is 46.3 Å². The van der Waals surface area contributed by atoms with Crippen LogP contribution in [0.1, 0.15) is 10.4 Å². The fourth-order valence-corrected chi connectivity index (χ4v) is 2.18. The molecule has 0 saturated carbocycles. The number of rotatable bonds is 2. The van der Waals surface area contributed by atoms with E-state index in [9.17, 15) is 18.0 Å². The van der Waals surface area contributed by atoms with Crippen LogP contribution in [0.25, 0.3) is 0 Å². The van der Waals surface area contributed by atoms with Gasteiger partial charge in [-0.2, -0.15) is 0 Å². The van der Waals surface area contributed by atoms with Crippen LogP contribution in [0.3, 0.4) is 0 Å². The van der Waals surface area contributed by atoms with Gasteiger partial charge in [-0.25, -0.2) is 13.2 Å². The summed E-state index contributed by atoms with van der Waals surface area (Å²) in [7, 11) is 0. The van der Waals surface area contributed by atoms with Gasteiger partial charge in [0.25, 0.3) is 5.91 Å². The summed E-state index contributed by atoms with van der Waals surface area (Å²) in [6, 6.07) is 6.32. The van der Waals surface area contributed by atoms with E-state index in [2.05, 4.69) is 37.2 Å². The lowest BCUT2D eigenvalue weighted by Gasteiger charge is -2.08. The van der Waals surface area contributed by atoms with E-state index in [4.69, 9.17) is 0 Å². The lowest BCUT2D eigenvalue weighted by molar-refractivity contribution is 0.102. The van der Waals surface area contributed by atoms with Gasteiger partial charge in [0.15, 0.2) is 17.5 Å². The number of hydrogen-bond acceptors (Lipinski definition) is 1. The molecule has 0 aliphatic heterocycles. The van der Waals surface area contributed by atoms with Crippen LogP contribution in [0.15, 0.2) is 39.3 Å². The maximum Gasteiger partial charge on any atom is 0.255 e. The molecule has 0 radical (unpaired) electrons. The second-order valence-corrected chi connectivity index (χ2v) is 5.60. The van der Waals surface area contributed by atoms with Crippen LogP contribution in [0.5, 0.6) is 0 Å². The van der Waals surface area contributed by atoms with E-state index in [1.54, 1.807) is 18.2 Å². The van der Waals surface area contributed by atoms with Crippen LogP contribution in [0.4, 0.5) is 18.9 Å². The van der Waals surface area contributed by atoms with Gasteiger partial charge in [-0.15, -0.1) is 0 Å². The first-order valence-electron chi connectivity index (χ1n) is 5.29. The topological polar surface area (TPSA) is 29.1 Å². The molecular formula is C13H6Br2F3NO. The second-order valence-electron chi connectivity index (χ2n) is 3.83. The summed E-state index contributed by atoms with van der Waals surface area (Å²) in [4.78, 5) is 11.9. The van der Waals surface area contributed by atoms with Gasteiger partial charge in [-0.3, -0.25) is 4.79 Å². The Morgan fingerprint density at radius 1 is 1.00 bits per heavy atom. The summed E-state index contributed by atoms with van der Waals surface area (Å²) >= 11 is 6.46.